The first-order valence-electron chi connectivity index (χ1n) is 12.4. The topological polar surface area (TPSA) is 191 Å². The molecule has 0 saturated heterocycles. The predicted octanol–water partition coefficient (Wildman–Crippen LogP) is 4.47. The molecule has 5 rings (SSSR count). The highest BCUT2D eigenvalue weighted by Gasteiger charge is 2.39. The first kappa shape index (κ1) is 29.2. The number of carbonyl (C=O) groups is 4. The van der Waals surface area contributed by atoms with Crippen molar-refractivity contribution in [3.8, 4) is 34.5 Å². The molecule has 11 nitrogen and oxygen atoms in total. The molecule has 4 aromatic rings. The van der Waals surface area contributed by atoms with Crippen molar-refractivity contribution in [2.75, 3.05) is 5.32 Å². The maximum Gasteiger partial charge on any atom is 0.347 e. The second-order valence-electron chi connectivity index (χ2n) is 9.39. The fraction of sp³-hybridized carbons (Fsp3) is 0.0968. The third kappa shape index (κ3) is 5.43. The van der Waals surface area contributed by atoms with E-state index < -0.39 is 40.5 Å². The molecule has 0 fully saturated rings. The summed E-state index contributed by atoms with van der Waals surface area (Å²) in [5, 5.41) is 52.2. The molecule has 0 unspecified atom stereocenters. The molecular weight excluding hydrogens is 546 g/mol. The number of hydrogen-bond donors (Lipinski definition) is 6. The minimum Gasteiger partial charge on any atom is -0.507 e. The van der Waals surface area contributed by atoms with Gasteiger partial charge in [-0.3, -0.25) is 14.4 Å². The zero-order valence-corrected chi connectivity index (χ0v) is 22.6. The van der Waals surface area contributed by atoms with Gasteiger partial charge in [0.1, 0.15) is 40.1 Å². The van der Waals surface area contributed by atoms with E-state index in [-0.39, 0.29) is 50.6 Å². The lowest BCUT2D eigenvalue weighted by Gasteiger charge is -2.22. The highest BCUT2D eigenvalue weighted by Crippen LogP contribution is 2.45. The molecule has 1 aliphatic rings. The quantitative estimate of drug-likeness (QED) is 0.102. The molecule has 0 aliphatic heterocycles. The van der Waals surface area contributed by atoms with Crippen LogP contribution < -0.4 is 10.1 Å². The van der Waals surface area contributed by atoms with Gasteiger partial charge < -0.3 is 35.6 Å². The number of esters is 1. The molecule has 214 valence electrons. The first-order chi connectivity index (χ1) is 19.8. The number of ketones is 2. The van der Waals surface area contributed by atoms with Crippen molar-refractivity contribution >= 4 is 29.1 Å². The predicted molar refractivity (Wildman–Crippen MR) is 150 cm³/mol. The molecule has 0 atom stereocenters. The van der Waals surface area contributed by atoms with E-state index in [0.717, 1.165) is 12.1 Å². The molecule has 42 heavy (non-hydrogen) atoms. The van der Waals surface area contributed by atoms with Crippen molar-refractivity contribution < 1.29 is 49.4 Å². The number of rotatable bonds is 3. The minimum absolute atomic E-state index is 0.0958. The van der Waals surface area contributed by atoms with E-state index in [0.29, 0.717) is 11.4 Å². The van der Waals surface area contributed by atoms with Gasteiger partial charge in [0.2, 0.25) is 17.5 Å². The van der Waals surface area contributed by atoms with E-state index in [1.807, 2.05) is 0 Å². The molecule has 0 saturated carbocycles. The van der Waals surface area contributed by atoms with Crippen LogP contribution in [-0.2, 0) is 4.79 Å². The van der Waals surface area contributed by atoms with Crippen LogP contribution in [0.25, 0.3) is 0 Å². The van der Waals surface area contributed by atoms with Gasteiger partial charge in [0.15, 0.2) is 0 Å². The monoisotopic (exact) mass is 571 g/mol. The summed E-state index contributed by atoms with van der Waals surface area (Å²) < 4.78 is 5.13. The molecule has 0 aromatic heterocycles. The number of nitrogens with one attached hydrogen (secondary N) is 1. The molecule has 4 aromatic carbocycles. The van der Waals surface area contributed by atoms with Gasteiger partial charge >= 0.3 is 5.97 Å². The Hall–Kier alpha value is -5.84. The van der Waals surface area contributed by atoms with E-state index in [9.17, 15) is 44.7 Å². The number of fused-ring (bicyclic) bond motifs is 2. The number of ether oxygens (including phenoxy) is 1. The number of benzene rings is 4. The van der Waals surface area contributed by atoms with Crippen molar-refractivity contribution in [2.24, 2.45) is 0 Å². The van der Waals surface area contributed by atoms with E-state index in [2.05, 4.69) is 5.32 Å². The van der Waals surface area contributed by atoms with Gasteiger partial charge in [0, 0.05) is 12.6 Å². The Bertz CT molecular complexity index is 1700. The average molecular weight is 572 g/mol. The normalized spacial score (nSPS) is 11.5. The van der Waals surface area contributed by atoms with Gasteiger partial charge in [-0.15, -0.1) is 0 Å². The zero-order chi connectivity index (χ0) is 30.9. The van der Waals surface area contributed by atoms with Gasteiger partial charge in [0.05, 0.1) is 22.3 Å². The molecule has 0 bridgehead atoms. The van der Waals surface area contributed by atoms with E-state index >= 15 is 0 Å². The van der Waals surface area contributed by atoms with Crippen LogP contribution in [0.3, 0.4) is 0 Å². The third-order valence-corrected chi connectivity index (χ3v) is 6.36. The van der Waals surface area contributed by atoms with Crippen LogP contribution in [0.4, 0.5) is 5.69 Å². The average Bonchev–Trinajstić information content (AvgIpc) is 2.92. The number of aromatic hydroxyl groups is 5. The number of carbonyl (C=O) groups excluding carboxylic acids is 4. The van der Waals surface area contributed by atoms with Crippen LogP contribution in [0.2, 0.25) is 0 Å². The van der Waals surface area contributed by atoms with Gasteiger partial charge in [-0.05, 0) is 73.5 Å². The smallest absolute Gasteiger partial charge is 0.347 e. The van der Waals surface area contributed by atoms with Crippen LogP contribution in [0.1, 0.15) is 60.3 Å². The number of para-hydroxylation sites is 1. The second kappa shape index (κ2) is 11.3. The van der Waals surface area contributed by atoms with E-state index in [4.69, 9.17) is 4.74 Å². The standard InChI is InChI=1S/C16H12O6.C15H13NO4/c1-5-3-7(17)9-11(13(5)19)15(21)10-8(18)4-6(2)14(20)12(10)16(9)22;1-10(17)16-11-6-8-12(9-7-11)20-15(19)13-4-2-3-5-14(13)18/h3-4,17-20H,1-2H3;2-9,18H,1H3,(H,16,17). The Morgan fingerprint density at radius 3 is 1.60 bits per heavy atom. The Morgan fingerprint density at radius 1 is 0.667 bits per heavy atom. The lowest BCUT2D eigenvalue weighted by molar-refractivity contribution is -0.114. The fourth-order valence-corrected chi connectivity index (χ4v) is 4.35. The lowest BCUT2D eigenvalue weighted by Crippen LogP contribution is -2.22. The van der Waals surface area contributed by atoms with Gasteiger partial charge in [-0.2, -0.15) is 0 Å². The summed E-state index contributed by atoms with van der Waals surface area (Å²) in [5.41, 5.74) is -0.337. The van der Waals surface area contributed by atoms with Crippen LogP contribution in [-0.4, -0.2) is 49.0 Å². The largest absolute Gasteiger partial charge is 0.507 e. The summed E-state index contributed by atoms with van der Waals surface area (Å²) in [6, 6.07) is 14.8. The van der Waals surface area contributed by atoms with Crippen molar-refractivity contribution in [1.29, 1.82) is 0 Å². The maximum absolute atomic E-state index is 12.6. The van der Waals surface area contributed by atoms with Crippen LogP contribution in [0.15, 0.2) is 60.7 Å². The number of phenols is 5. The number of anilines is 1. The summed E-state index contributed by atoms with van der Waals surface area (Å²) in [6.45, 7) is 4.34. The number of hydrogen-bond acceptors (Lipinski definition) is 10. The number of aryl methyl sites for hydroxylation is 2. The Balaban J connectivity index is 0.000000194. The van der Waals surface area contributed by atoms with Gasteiger partial charge in [-0.25, -0.2) is 4.79 Å². The van der Waals surface area contributed by atoms with Crippen LogP contribution >= 0.6 is 0 Å². The fourth-order valence-electron chi connectivity index (χ4n) is 4.35. The maximum atomic E-state index is 12.6. The van der Waals surface area contributed by atoms with Crippen molar-refractivity contribution in [3.63, 3.8) is 0 Å². The minimum atomic E-state index is -0.825. The Labute approximate surface area is 238 Å². The zero-order valence-electron chi connectivity index (χ0n) is 22.6. The van der Waals surface area contributed by atoms with Crippen molar-refractivity contribution in [3.05, 3.63) is 99.6 Å². The second-order valence-corrected chi connectivity index (χ2v) is 9.39. The first-order valence-corrected chi connectivity index (χ1v) is 12.4. The number of phenolic OH excluding ortho intramolecular Hbond substituents is 5. The van der Waals surface area contributed by atoms with Crippen molar-refractivity contribution in [1.82, 2.24) is 0 Å². The molecular formula is C31H25NO10. The highest BCUT2D eigenvalue weighted by molar-refractivity contribution is 6.32. The Kier molecular flexibility index (Phi) is 7.87. The van der Waals surface area contributed by atoms with Crippen molar-refractivity contribution in [2.45, 2.75) is 20.8 Å². The lowest BCUT2D eigenvalue weighted by atomic mass is 9.80. The summed E-state index contributed by atoms with van der Waals surface area (Å²) in [4.78, 5) is 47.9. The van der Waals surface area contributed by atoms with Gasteiger partial charge in [0.25, 0.3) is 0 Å². The molecule has 1 aliphatic carbocycles. The van der Waals surface area contributed by atoms with Crippen LogP contribution in [0.5, 0.6) is 34.5 Å². The Morgan fingerprint density at radius 2 is 1.14 bits per heavy atom. The van der Waals surface area contributed by atoms with Crippen LogP contribution in [0, 0.1) is 13.8 Å². The summed E-state index contributed by atoms with van der Waals surface area (Å²) in [6.07, 6.45) is 0. The van der Waals surface area contributed by atoms with E-state index in [1.54, 1.807) is 36.4 Å². The number of amides is 1. The SMILES string of the molecule is CC(=O)Nc1ccc(OC(=O)c2ccccc2O)cc1.Cc1cc(O)c2c(c1O)C(=O)c1c(O)cc(C)c(O)c1C2=O. The molecule has 1 amide bonds. The third-order valence-electron chi connectivity index (χ3n) is 6.36. The molecule has 0 radical (unpaired) electrons. The summed E-state index contributed by atoms with van der Waals surface area (Å²) in [7, 11) is 0. The van der Waals surface area contributed by atoms with Gasteiger partial charge in [-0.1, -0.05) is 12.1 Å². The molecule has 11 heteroatoms. The summed E-state index contributed by atoms with van der Waals surface area (Å²) >= 11 is 0. The molecule has 0 spiro atoms. The highest BCUT2D eigenvalue weighted by atomic mass is 16.5. The summed E-state index contributed by atoms with van der Waals surface area (Å²) in [5.74, 6) is -4.07. The molecule has 0 heterocycles. The van der Waals surface area contributed by atoms with E-state index in [1.165, 1.54) is 32.9 Å². The molecule has 6 N–H and O–H groups in total.